The van der Waals surface area contributed by atoms with Gasteiger partial charge in [-0.05, 0) is 29.8 Å². The Balaban J connectivity index is 2.06. The predicted molar refractivity (Wildman–Crippen MR) is 78.2 cm³/mol. The number of rotatable bonds is 3. The van der Waals surface area contributed by atoms with Gasteiger partial charge in [0.2, 0.25) is 5.91 Å². The van der Waals surface area contributed by atoms with Gasteiger partial charge >= 0.3 is 0 Å². The number of hydrogen-bond acceptors (Lipinski definition) is 1. The third kappa shape index (κ3) is 3.76. The smallest absolute Gasteiger partial charge is 0.248 e. The Kier molecular flexibility index (Phi) is 4.47. The van der Waals surface area contributed by atoms with E-state index in [2.05, 4.69) is 21.2 Å². The van der Waals surface area contributed by atoms with Crippen LogP contribution in [0.15, 0.2) is 59.1 Å². The van der Waals surface area contributed by atoms with Gasteiger partial charge < -0.3 is 5.32 Å². The highest BCUT2D eigenvalue weighted by atomic mass is 79.9. The minimum Gasteiger partial charge on any atom is -0.320 e. The van der Waals surface area contributed by atoms with Crippen LogP contribution in [0.4, 0.5) is 10.1 Å². The zero-order valence-corrected chi connectivity index (χ0v) is 11.5. The lowest BCUT2D eigenvalue weighted by molar-refractivity contribution is -0.111. The summed E-state index contributed by atoms with van der Waals surface area (Å²) in [6.45, 7) is 0. The SMILES string of the molecule is O=C(/C=C/c1ccccc1Br)Nc1ccccc1F. The molecule has 2 aromatic rings. The van der Waals surface area contributed by atoms with Crippen molar-refractivity contribution in [2.75, 3.05) is 5.32 Å². The Bertz CT molecular complexity index is 625. The van der Waals surface area contributed by atoms with Crippen LogP contribution in [0, 0.1) is 5.82 Å². The highest BCUT2D eigenvalue weighted by Gasteiger charge is 2.03. The number of nitrogens with one attached hydrogen (secondary N) is 1. The van der Waals surface area contributed by atoms with Crippen LogP contribution in [0.3, 0.4) is 0 Å². The lowest BCUT2D eigenvalue weighted by Gasteiger charge is -2.03. The summed E-state index contributed by atoms with van der Waals surface area (Å²) in [6, 6.07) is 13.6. The average Bonchev–Trinajstić information content (AvgIpc) is 2.40. The number of carbonyl (C=O) groups is 1. The average molecular weight is 320 g/mol. The first kappa shape index (κ1) is 13.5. The Hall–Kier alpha value is -1.94. The maximum atomic E-state index is 13.3. The van der Waals surface area contributed by atoms with Crippen molar-refractivity contribution in [1.29, 1.82) is 0 Å². The van der Waals surface area contributed by atoms with E-state index in [9.17, 15) is 9.18 Å². The maximum absolute atomic E-state index is 13.3. The highest BCUT2D eigenvalue weighted by molar-refractivity contribution is 9.10. The fraction of sp³-hybridized carbons (Fsp3) is 0. The molecule has 0 saturated heterocycles. The van der Waals surface area contributed by atoms with Crippen molar-refractivity contribution in [2.45, 2.75) is 0 Å². The molecule has 0 bridgehead atoms. The lowest BCUT2D eigenvalue weighted by atomic mass is 10.2. The molecule has 4 heteroatoms. The van der Waals surface area contributed by atoms with Gasteiger partial charge in [-0.25, -0.2) is 4.39 Å². The zero-order valence-electron chi connectivity index (χ0n) is 9.94. The summed E-state index contributed by atoms with van der Waals surface area (Å²) in [5, 5.41) is 2.48. The normalized spacial score (nSPS) is 10.6. The topological polar surface area (TPSA) is 29.1 Å². The molecule has 0 spiro atoms. The summed E-state index contributed by atoms with van der Waals surface area (Å²) in [4.78, 5) is 11.7. The van der Waals surface area contributed by atoms with Gasteiger partial charge in [0.15, 0.2) is 0 Å². The Morgan fingerprint density at radius 3 is 2.53 bits per heavy atom. The van der Waals surface area contributed by atoms with E-state index in [0.29, 0.717) is 0 Å². The van der Waals surface area contributed by atoms with Crippen LogP contribution in [0.1, 0.15) is 5.56 Å². The molecule has 0 radical (unpaired) electrons. The molecule has 19 heavy (non-hydrogen) atoms. The molecule has 2 rings (SSSR count). The standard InChI is InChI=1S/C15H11BrFNO/c16-12-6-2-1-5-11(12)9-10-15(19)18-14-8-4-3-7-13(14)17/h1-10H,(H,18,19)/b10-9+. The van der Waals surface area contributed by atoms with Gasteiger partial charge in [-0.15, -0.1) is 0 Å². The molecule has 0 aliphatic rings. The molecule has 96 valence electrons. The van der Waals surface area contributed by atoms with Gasteiger partial charge in [0.05, 0.1) is 5.69 Å². The molecule has 0 aliphatic carbocycles. The molecule has 2 aromatic carbocycles. The first-order valence-electron chi connectivity index (χ1n) is 5.65. The Morgan fingerprint density at radius 2 is 1.79 bits per heavy atom. The molecular weight excluding hydrogens is 309 g/mol. The van der Waals surface area contributed by atoms with E-state index in [1.165, 1.54) is 18.2 Å². The van der Waals surface area contributed by atoms with Gasteiger partial charge in [0, 0.05) is 10.5 Å². The van der Waals surface area contributed by atoms with Crippen LogP contribution in [0.5, 0.6) is 0 Å². The van der Waals surface area contributed by atoms with E-state index in [0.717, 1.165) is 10.0 Å². The lowest BCUT2D eigenvalue weighted by Crippen LogP contribution is -2.08. The first-order chi connectivity index (χ1) is 9.16. The molecule has 1 amide bonds. The Labute approximate surface area is 119 Å². The fourth-order valence-electron chi connectivity index (χ4n) is 1.51. The molecular formula is C15H11BrFNO. The fourth-order valence-corrected chi connectivity index (χ4v) is 1.93. The molecule has 2 nitrogen and oxygen atoms in total. The van der Waals surface area contributed by atoms with E-state index in [1.807, 2.05) is 24.3 Å². The van der Waals surface area contributed by atoms with Gasteiger partial charge in [-0.1, -0.05) is 46.3 Å². The third-order valence-electron chi connectivity index (χ3n) is 2.45. The van der Waals surface area contributed by atoms with Gasteiger partial charge in [0.25, 0.3) is 0 Å². The van der Waals surface area contributed by atoms with Crippen LogP contribution in [0.25, 0.3) is 6.08 Å². The largest absolute Gasteiger partial charge is 0.320 e. The quantitative estimate of drug-likeness (QED) is 0.842. The van der Waals surface area contributed by atoms with Crippen molar-refractivity contribution >= 4 is 33.6 Å². The van der Waals surface area contributed by atoms with Gasteiger partial charge in [-0.2, -0.15) is 0 Å². The minimum atomic E-state index is -0.454. The summed E-state index contributed by atoms with van der Waals surface area (Å²) >= 11 is 3.38. The summed E-state index contributed by atoms with van der Waals surface area (Å²) < 4.78 is 14.2. The van der Waals surface area contributed by atoms with Gasteiger partial charge in [-0.3, -0.25) is 4.79 Å². The Morgan fingerprint density at radius 1 is 1.11 bits per heavy atom. The molecule has 0 atom stereocenters. The number of amides is 1. The van der Waals surface area contributed by atoms with Crippen molar-refractivity contribution < 1.29 is 9.18 Å². The second-order valence-electron chi connectivity index (χ2n) is 3.82. The van der Waals surface area contributed by atoms with Crippen molar-refractivity contribution in [3.63, 3.8) is 0 Å². The number of anilines is 1. The summed E-state index contributed by atoms with van der Waals surface area (Å²) in [6.07, 6.45) is 3.03. The number of para-hydroxylation sites is 1. The van der Waals surface area contributed by atoms with E-state index in [4.69, 9.17) is 0 Å². The van der Waals surface area contributed by atoms with Crippen molar-refractivity contribution in [3.05, 3.63) is 70.5 Å². The molecule has 0 saturated carbocycles. The monoisotopic (exact) mass is 319 g/mol. The number of halogens is 2. The van der Waals surface area contributed by atoms with Crippen LogP contribution in [0.2, 0.25) is 0 Å². The van der Waals surface area contributed by atoms with E-state index in [-0.39, 0.29) is 11.6 Å². The predicted octanol–water partition coefficient (Wildman–Crippen LogP) is 4.24. The van der Waals surface area contributed by atoms with Gasteiger partial charge in [0.1, 0.15) is 5.82 Å². The summed E-state index contributed by atoms with van der Waals surface area (Å²) in [5.41, 5.74) is 1.05. The number of hydrogen-bond donors (Lipinski definition) is 1. The van der Waals surface area contributed by atoms with E-state index >= 15 is 0 Å². The first-order valence-corrected chi connectivity index (χ1v) is 6.44. The molecule has 0 heterocycles. The number of benzene rings is 2. The zero-order chi connectivity index (χ0) is 13.7. The second kappa shape index (κ2) is 6.29. The minimum absolute atomic E-state index is 0.171. The van der Waals surface area contributed by atoms with Crippen LogP contribution < -0.4 is 5.32 Å². The van der Waals surface area contributed by atoms with Crippen molar-refractivity contribution in [1.82, 2.24) is 0 Å². The molecule has 0 unspecified atom stereocenters. The van der Waals surface area contributed by atoms with Crippen LogP contribution >= 0.6 is 15.9 Å². The van der Waals surface area contributed by atoms with E-state index < -0.39 is 5.82 Å². The molecule has 0 aromatic heterocycles. The van der Waals surface area contributed by atoms with Crippen LogP contribution in [-0.2, 0) is 4.79 Å². The third-order valence-corrected chi connectivity index (χ3v) is 3.17. The molecule has 1 N–H and O–H groups in total. The second-order valence-corrected chi connectivity index (χ2v) is 4.68. The van der Waals surface area contributed by atoms with Crippen molar-refractivity contribution in [2.24, 2.45) is 0 Å². The molecule has 0 fully saturated rings. The van der Waals surface area contributed by atoms with Crippen molar-refractivity contribution in [3.8, 4) is 0 Å². The maximum Gasteiger partial charge on any atom is 0.248 e. The molecule has 0 aliphatic heterocycles. The van der Waals surface area contributed by atoms with E-state index in [1.54, 1.807) is 18.2 Å². The summed E-state index contributed by atoms with van der Waals surface area (Å²) in [7, 11) is 0. The summed E-state index contributed by atoms with van der Waals surface area (Å²) in [5.74, 6) is -0.828. The highest BCUT2D eigenvalue weighted by Crippen LogP contribution is 2.17. The van der Waals surface area contributed by atoms with Crippen LogP contribution in [-0.4, -0.2) is 5.91 Å². The number of carbonyl (C=O) groups excluding carboxylic acids is 1.